The lowest BCUT2D eigenvalue weighted by Crippen LogP contribution is -2.48. The number of hydrogen-bond donors (Lipinski definition) is 1. The van der Waals surface area contributed by atoms with E-state index in [-0.39, 0.29) is 18.4 Å². The summed E-state index contributed by atoms with van der Waals surface area (Å²) in [6.45, 7) is 3.82. The second-order valence-corrected chi connectivity index (χ2v) is 7.46. The van der Waals surface area contributed by atoms with E-state index in [1.807, 2.05) is 31.2 Å². The van der Waals surface area contributed by atoms with Crippen LogP contribution in [0.15, 0.2) is 46.9 Å². The zero-order valence-corrected chi connectivity index (χ0v) is 17.8. The van der Waals surface area contributed by atoms with Gasteiger partial charge in [-0.3, -0.25) is 9.59 Å². The number of aryl methyl sites for hydroxylation is 1. The maximum atomic E-state index is 12.8. The number of carbonyl (C=O) groups is 2. The molecule has 2 aromatic rings. The van der Waals surface area contributed by atoms with Crippen molar-refractivity contribution in [3.63, 3.8) is 0 Å². The van der Waals surface area contributed by atoms with E-state index in [9.17, 15) is 9.59 Å². The first kappa shape index (κ1) is 21.3. The van der Waals surface area contributed by atoms with Crippen molar-refractivity contribution in [1.29, 1.82) is 0 Å². The van der Waals surface area contributed by atoms with Crippen molar-refractivity contribution in [3.05, 3.63) is 63.1 Å². The molecule has 0 aliphatic rings. The van der Waals surface area contributed by atoms with Gasteiger partial charge in [0.15, 0.2) is 6.61 Å². The standard InChI is InChI=1S/C20H22BrClN2O3/c1-13-5-4-6-15(9-13)11-24(14(2)20(26)23-3)19(25)12-27-18-8-7-16(22)10-17(18)21/h4-10,14H,11-12H2,1-3H3,(H,23,26)/t14-/m1/s1. The van der Waals surface area contributed by atoms with Gasteiger partial charge in [0, 0.05) is 18.6 Å². The van der Waals surface area contributed by atoms with Crippen LogP contribution in [0.5, 0.6) is 5.75 Å². The Bertz CT molecular complexity index is 829. The summed E-state index contributed by atoms with van der Waals surface area (Å²) in [6.07, 6.45) is 0. The number of carbonyl (C=O) groups excluding carboxylic acids is 2. The van der Waals surface area contributed by atoms with Crippen LogP contribution in [-0.2, 0) is 16.1 Å². The Hall–Kier alpha value is -2.05. The second kappa shape index (κ2) is 9.76. The Morgan fingerprint density at radius 3 is 2.63 bits per heavy atom. The predicted octanol–water partition coefficient (Wildman–Crippen LogP) is 3.95. The van der Waals surface area contributed by atoms with Crippen molar-refractivity contribution in [1.82, 2.24) is 10.2 Å². The second-order valence-electron chi connectivity index (χ2n) is 6.16. The van der Waals surface area contributed by atoms with Crippen LogP contribution < -0.4 is 10.1 Å². The fraction of sp³-hybridized carbons (Fsp3) is 0.300. The van der Waals surface area contributed by atoms with Crippen LogP contribution in [0.4, 0.5) is 0 Å². The van der Waals surface area contributed by atoms with E-state index in [4.69, 9.17) is 16.3 Å². The topological polar surface area (TPSA) is 58.6 Å². The number of ether oxygens (including phenoxy) is 1. The van der Waals surface area contributed by atoms with Crippen molar-refractivity contribution in [2.75, 3.05) is 13.7 Å². The molecule has 2 amide bonds. The lowest BCUT2D eigenvalue weighted by molar-refractivity contribution is -0.142. The Kier molecular flexibility index (Phi) is 7.68. The van der Waals surface area contributed by atoms with Crippen LogP contribution in [0, 0.1) is 6.92 Å². The van der Waals surface area contributed by atoms with E-state index >= 15 is 0 Å². The van der Waals surface area contributed by atoms with Crippen molar-refractivity contribution < 1.29 is 14.3 Å². The first-order valence-corrected chi connectivity index (χ1v) is 9.63. The first-order valence-electron chi connectivity index (χ1n) is 8.46. The van der Waals surface area contributed by atoms with Crippen molar-refractivity contribution in [2.45, 2.75) is 26.4 Å². The largest absolute Gasteiger partial charge is 0.483 e. The van der Waals surface area contributed by atoms with Crippen LogP contribution in [0.2, 0.25) is 5.02 Å². The molecule has 1 atom stereocenters. The quantitative estimate of drug-likeness (QED) is 0.690. The zero-order valence-electron chi connectivity index (χ0n) is 15.5. The minimum absolute atomic E-state index is 0.187. The highest BCUT2D eigenvalue weighted by Crippen LogP contribution is 2.28. The summed E-state index contributed by atoms with van der Waals surface area (Å²) in [5, 5.41) is 3.16. The van der Waals surface area contributed by atoms with Crippen LogP contribution >= 0.6 is 27.5 Å². The van der Waals surface area contributed by atoms with Crippen LogP contribution in [-0.4, -0.2) is 36.4 Å². The summed E-state index contributed by atoms with van der Waals surface area (Å²) in [4.78, 5) is 26.4. The third kappa shape index (κ3) is 5.97. The fourth-order valence-corrected chi connectivity index (χ4v) is 3.41. The van der Waals surface area contributed by atoms with Gasteiger partial charge in [-0.25, -0.2) is 0 Å². The van der Waals surface area contributed by atoms with Gasteiger partial charge < -0.3 is 15.0 Å². The van der Waals surface area contributed by atoms with Gasteiger partial charge in [0.25, 0.3) is 5.91 Å². The molecule has 5 nitrogen and oxygen atoms in total. The van der Waals surface area contributed by atoms with Crippen LogP contribution in [0.1, 0.15) is 18.1 Å². The lowest BCUT2D eigenvalue weighted by atomic mass is 10.1. The van der Waals surface area contributed by atoms with Crippen LogP contribution in [0.25, 0.3) is 0 Å². The highest BCUT2D eigenvalue weighted by atomic mass is 79.9. The third-order valence-corrected chi connectivity index (χ3v) is 4.95. The molecule has 0 heterocycles. The highest BCUT2D eigenvalue weighted by Gasteiger charge is 2.26. The smallest absolute Gasteiger partial charge is 0.261 e. The van der Waals surface area contributed by atoms with Crippen LogP contribution in [0.3, 0.4) is 0 Å². The van der Waals surface area contributed by atoms with Gasteiger partial charge >= 0.3 is 0 Å². The molecule has 0 bridgehead atoms. The van der Waals surface area contributed by atoms with E-state index < -0.39 is 6.04 Å². The average molecular weight is 454 g/mol. The molecule has 0 spiro atoms. The average Bonchev–Trinajstić information content (AvgIpc) is 2.64. The van der Waals surface area contributed by atoms with Gasteiger partial charge in [-0.1, -0.05) is 41.4 Å². The molecule has 1 N–H and O–H groups in total. The minimum Gasteiger partial charge on any atom is -0.483 e. The van der Waals surface area contributed by atoms with Crippen molar-refractivity contribution in [3.8, 4) is 5.75 Å². The van der Waals surface area contributed by atoms with E-state index in [1.54, 1.807) is 32.2 Å². The van der Waals surface area contributed by atoms with E-state index in [0.717, 1.165) is 11.1 Å². The summed E-state index contributed by atoms with van der Waals surface area (Å²) in [5.41, 5.74) is 2.04. The summed E-state index contributed by atoms with van der Waals surface area (Å²) < 4.78 is 6.29. The zero-order chi connectivity index (χ0) is 20.0. The van der Waals surface area contributed by atoms with E-state index in [1.165, 1.54) is 4.90 Å². The summed E-state index contributed by atoms with van der Waals surface area (Å²) in [7, 11) is 1.55. The van der Waals surface area contributed by atoms with Gasteiger partial charge in [0.2, 0.25) is 5.91 Å². The third-order valence-electron chi connectivity index (χ3n) is 4.09. The molecular formula is C20H22BrClN2O3. The molecular weight excluding hydrogens is 432 g/mol. The SMILES string of the molecule is CNC(=O)[C@@H](C)N(Cc1cccc(C)c1)C(=O)COc1ccc(Cl)cc1Br. The molecule has 0 radical (unpaired) electrons. The number of halogens is 2. The van der Waals surface area contributed by atoms with Gasteiger partial charge in [0.05, 0.1) is 4.47 Å². The van der Waals surface area contributed by atoms with Crippen molar-refractivity contribution in [2.24, 2.45) is 0 Å². The van der Waals surface area contributed by atoms with E-state index in [0.29, 0.717) is 21.8 Å². The van der Waals surface area contributed by atoms with Gasteiger partial charge in [0.1, 0.15) is 11.8 Å². The number of nitrogens with zero attached hydrogens (tertiary/aromatic N) is 1. The molecule has 2 aromatic carbocycles. The molecule has 2 rings (SSSR count). The molecule has 144 valence electrons. The van der Waals surface area contributed by atoms with Gasteiger partial charge in [-0.2, -0.15) is 0 Å². The Morgan fingerprint density at radius 2 is 2.00 bits per heavy atom. The summed E-state index contributed by atoms with van der Waals surface area (Å²) in [6, 6.07) is 12.3. The van der Waals surface area contributed by atoms with Gasteiger partial charge in [-0.15, -0.1) is 0 Å². The van der Waals surface area contributed by atoms with E-state index in [2.05, 4.69) is 21.2 Å². The fourth-order valence-electron chi connectivity index (χ4n) is 2.61. The molecule has 0 saturated heterocycles. The molecule has 0 unspecified atom stereocenters. The molecule has 0 saturated carbocycles. The maximum Gasteiger partial charge on any atom is 0.261 e. The number of likely N-dealkylation sites (N-methyl/N-ethyl adjacent to an activating group) is 1. The number of amides is 2. The summed E-state index contributed by atoms with van der Waals surface area (Å²) in [5.74, 6) is -0.00557. The molecule has 0 aliphatic heterocycles. The Balaban J connectivity index is 2.15. The molecule has 0 aliphatic carbocycles. The first-order chi connectivity index (χ1) is 12.8. The molecule has 0 fully saturated rings. The minimum atomic E-state index is -0.625. The molecule has 7 heteroatoms. The lowest BCUT2D eigenvalue weighted by Gasteiger charge is -2.28. The summed E-state index contributed by atoms with van der Waals surface area (Å²) >= 11 is 9.28. The van der Waals surface area contributed by atoms with Crippen molar-refractivity contribution >= 4 is 39.3 Å². The predicted molar refractivity (Wildman–Crippen MR) is 110 cm³/mol. The Labute approximate surface area is 172 Å². The Morgan fingerprint density at radius 1 is 1.26 bits per heavy atom. The number of nitrogens with one attached hydrogen (secondary N) is 1. The van der Waals surface area contributed by atoms with Gasteiger partial charge in [-0.05, 0) is 53.5 Å². The number of benzene rings is 2. The number of rotatable bonds is 7. The maximum absolute atomic E-state index is 12.8. The number of hydrogen-bond acceptors (Lipinski definition) is 3. The monoisotopic (exact) mass is 452 g/mol. The molecule has 0 aromatic heterocycles. The highest BCUT2D eigenvalue weighted by molar-refractivity contribution is 9.10. The normalized spacial score (nSPS) is 11.6. The molecule has 27 heavy (non-hydrogen) atoms.